The molecule has 3 fully saturated rings. The normalized spacial score (nSPS) is 45.6. The van der Waals surface area contributed by atoms with Crippen molar-refractivity contribution in [3.63, 3.8) is 0 Å². The molecule has 0 heterocycles. The summed E-state index contributed by atoms with van der Waals surface area (Å²) < 4.78 is 0. The van der Waals surface area contributed by atoms with E-state index >= 15 is 0 Å². The monoisotopic (exact) mass is 385 g/mol. The molecule has 0 spiro atoms. The summed E-state index contributed by atoms with van der Waals surface area (Å²) in [7, 11) is 0. The van der Waals surface area contributed by atoms with Crippen molar-refractivity contribution in [2.24, 2.45) is 46.2 Å². The van der Waals surface area contributed by atoms with Crippen LogP contribution < -0.4 is 5.73 Å². The Hall–Kier alpha value is -0.860. The van der Waals surface area contributed by atoms with Crippen LogP contribution in [0.2, 0.25) is 0 Å². The second-order valence-corrected chi connectivity index (χ2v) is 10.9. The maximum atomic E-state index is 7.83. The third-order valence-electron chi connectivity index (χ3n) is 9.05. The molecule has 4 rings (SSSR count). The van der Waals surface area contributed by atoms with Crippen molar-refractivity contribution in [2.75, 3.05) is 0 Å². The molecule has 4 aliphatic rings. The molecular weight excluding hydrogens is 342 g/mol. The predicted octanol–water partition coefficient (Wildman–Crippen LogP) is 6.23. The zero-order valence-corrected chi connectivity index (χ0v) is 18.9. The van der Waals surface area contributed by atoms with Gasteiger partial charge in [-0.1, -0.05) is 56.7 Å². The van der Waals surface area contributed by atoms with E-state index in [4.69, 9.17) is 5.11 Å². The molecule has 8 atom stereocenters. The summed E-state index contributed by atoms with van der Waals surface area (Å²) in [6.07, 6.45) is 11.6. The summed E-state index contributed by atoms with van der Waals surface area (Å²) in [6, 6.07) is 0. The molecule has 0 saturated heterocycles. The summed E-state index contributed by atoms with van der Waals surface area (Å²) in [5, 5.41) is 7.83. The van der Waals surface area contributed by atoms with Gasteiger partial charge in [0.05, 0.1) is 6.23 Å². The maximum Gasteiger partial charge on any atom is 0.0991 e. The van der Waals surface area contributed by atoms with Gasteiger partial charge in [0.25, 0.3) is 0 Å². The van der Waals surface area contributed by atoms with Crippen molar-refractivity contribution in [3.8, 4) is 0 Å². The topological polar surface area (TPSA) is 46.2 Å². The Morgan fingerprint density at radius 3 is 2.46 bits per heavy atom. The van der Waals surface area contributed by atoms with Gasteiger partial charge < -0.3 is 10.8 Å². The van der Waals surface area contributed by atoms with Crippen molar-refractivity contribution < 1.29 is 5.11 Å². The zero-order valence-electron chi connectivity index (χ0n) is 18.9. The van der Waals surface area contributed by atoms with Gasteiger partial charge >= 0.3 is 0 Å². The van der Waals surface area contributed by atoms with Gasteiger partial charge in [-0.3, -0.25) is 0 Å². The standard InChI is InChI=1S/C24H36.C2H7NO/c1-15(2)20-9-10-21-19-8-7-18-13-16(3)17(4)14-24(18,6)22(19)11-12-23(20,21)5;1-2(3)4/h13,17,19-22H,1,3,7-12,14H2,2,4-6H3;2,4H,3H2,1H3. The van der Waals surface area contributed by atoms with Crippen LogP contribution in [0.15, 0.2) is 36.0 Å². The van der Waals surface area contributed by atoms with Gasteiger partial charge in [-0.15, -0.1) is 0 Å². The molecule has 0 aliphatic heterocycles. The fraction of sp³-hybridized carbons (Fsp3) is 0.769. The smallest absolute Gasteiger partial charge is 0.0991 e. The summed E-state index contributed by atoms with van der Waals surface area (Å²) in [5.41, 5.74) is 10.2. The number of hydrogen-bond acceptors (Lipinski definition) is 2. The van der Waals surface area contributed by atoms with Gasteiger partial charge in [0.15, 0.2) is 0 Å². The Balaban J connectivity index is 0.000000516. The van der Waals surface area contributed by atoms with E-state index in [0.717, 1.165) is 23.7 Å². The van der Waals surface area contributed by atoms with Crippen LogP contribution in [0.1, 0.15) is 79.6 Å². The molecule has 0 aromatic rings. The van der Waals surface area contributed by atoms with E-state index in [1.54, 1.807) is 5.57 Å². The van der Waals surface area contributed by atoms with Crippen molar-refractivity contribution in [3.05, 3.63) is 36.0 Å². The Morgan fingerprint density at radius 1 is 1.21 bits per heavy atom. The van der Waals surface area contributed by atoms with Gasteiger partial charge in [0.1, 0.15) is 0 Å². The van der Waals surface area contributed by atoms with Crippen LogP contribution in [0.4, 0.5) is 0 Å². The van der Waals surface area contributed by atoms with Crippen LogP contribution >= 0.6 is 0 Å². The number of fused-ring (bicyclic) bond motifs is 5. The quantitative estimate of drug-likeness (QED) is 0.415. The molecule has 0 aromatic carbocycles. The third kappa shape index (κ3) is 3.56. The summed E-state index contributed by atoms with van der Waals surface area (Å²) >= 11 is 0. The Kier molecular flexibility index (Phi) is 6.05. The van der Waals surface area contributed by atoms with Gasteiger partial charge in [0.2, 0.25) is 0 Å². The highest BCUT2D eigenvalue weighted by molar-refractivity contribution is 5.35. The van der Waals surface area contributed by atoms with Gasteiger partial charge in [-0.05, 0) is 99.2 Å². The Labute approximate surface area is 173 Å². The third-order valence-corrected chi connectivity index (χ3v) is 9.05. The summed E-state index contributed by atoms with van der Waals surface area (Å²) in [6.45, 7) is 20.1. The lowest BCUT2D eigenvalue weighted by molar-refractivity contribution is -0.0484. The largest absolute Gasteiger partial charge is 0.379 e. The fourth-order valence-corrected chi connectivity index (χ4v) is 7.79. The SMILES string of the molecule is C=C1C=C2CCC3C(CCC4(C)C(C(=C)C)CCC34)C2(C)CC1C.CC(N)O. The molecule has 28 heavy (non-hydrogen) atoms. The minimum atomic E-state index is -0.667. The second-order valence-electron chi connectivity index (χ2n) is 10.9. The lowest BCUT2D eigenvalue weighted by atomic mass is 9.46. The first-order valence-electron chi connectivity index (χ1n) is 11.5. The highest BCUT2D eigenvalue weighted by atomic mass is 16.3. The average molecular weight is 386 g/mol. The molecule has 3 N–H and O–H groups in total. The highest BCUT2D eigenvalue weighted by Gasteiger charge is 2.59. The van der Waals surface area contributed by atoms with Crippen molar-refractivity contribution >= 4 is 0 Å². The number of aliphatic hydroxyl groups excluding tert-OH is 1. The molecule has 3 saturated carbocycles. The van der Waals surface area contributed by atoms with Crippen LogP contribution in [0.5, 0.6) is 0 Å². The molecule has 8 unspecified atom stereocenters. The van der Waals surface area contributed by atoms with E-state index in [1.165, 1.54) is 63.0 Å². The first kappa shape index (κ1) is 21.8. The molecule has 0 aromatic heterocycles. The number of nitrogens with two attached hydrogens (primary N) is 1. The molecule has 2 nitrogen and oxygen atoms in total. The first-order chi connectivity index (χ1) is 13.0. The summed E-state index contributed by atoms with van der Waals surface area (Å²) in [4.78, 5) is 0. The van der Waals surface area contributed by atoms with E-state index in [2.05, 4.69) is 52.7 Å². The second kappa shape index (κ2) is 7.76. The zero-order chi connectivity index (χ0) is 20.9. The van der Waals surface area contributed by atoms with Gasteiger partial charge in [-0.25, -0.2) is 0 Å². The number of allylic oxidation sites excluding steroid dienone is 4. The van der Waals surface area contributed by atoms with Gasteiger partial charge in [-0.2, -0.15) is 0 Å². The Morgan fingerprint density at radius 2 is 1.86 bits per heavy atom. The van der Waals surface area contributed by atoms with Crippen LogP contribution in [-0.4, -0.2) is 11.3 Å². The molecule has 158 valence electrons. The molecule has 4 aliphatic carbocycles. The molecular formula is C26H43NO. The van der Waals surface area contributed by atoms with E-state index in [9.17, 15) is 0 Å². The van der Waals surface area contributed by atoms with Crippen molar-refractivity contribution in [2.45, 2.75) is 85.8 Å². The van der Waals surface area contributed by atoms with Crippen LogP contribution in [0.25, 0.3) is 0 Å². The minimum Gasteiger partial charge on any atom is -0.379 e. The van der Waals surface area contributed by atoms with Crippen LogP contribution in [0, 0.1) is 40.4 Å². The number of aliphatic hydroxyl groups is 1. The van der Waals surface area contributed by atoms with Crippen molar-refractivity contribution in [1.82, 2.24) is 0 Å². The summed E-state index contributed by atoms with van der Waals surface area (Å²) in [5.74, 6) is 4.25. The Bertz CT molecular complexity index is 659. The minimum absolute atomic E-state index is 0.451. The lowest BCUT2D eigenvalue weighted by Gasteiger charge is -2.59. The first-order valence-corrected chi connectivity index (χ1v) is 11.5. The number of rotatable bonds is 1. The molecule has 2 heteroatoms. The van der Waals surface area contributed by atoms with Crippen LogP contribution in [-0.2, 0) is 0 Å². The van der Waals surface area contributed by atoms with E-state index < -0.39 is 6.23 Å². The van der Waals surface area contributed by atoms with E-state index in [-0.39, 0.29) is 0 Å². The van der Waals surface area contributed by atoms with E-state index in [1.807, 2.05) is 0 Å². The van der Waals surface area contributed by atoms with Crippen LogP contribution in [0.3, 0.4) is 0 Å². The lowest BCUT2D eigenvalue weighted by Crippen LogP contribution is -2.50. The average Bonchev–Trinajstić information content (AvgIpc) is 2.93. The van der Waals surface area contributed by atoms with Crippen molar-refractivity contribution in [1.29, 1.82) is 0 Å². The fourth-order valence-electron chi connectivity index (χ4n) is 7.79. The van der Waals surface area contributed by atoms with E-state index in [0.29, 0.717) is 16.7 Å². The highest BCUT2D eigenvalue weighted by Crippen LogP contribution is 2.67. The molecule has 0 amide bonds. The molecule has 0 radical (unpaired) electrons. The number of hydrogen-bond donors (Lipinski definition) is 2. The molecule has 0 bridgehead atoms. The maximum absolute atomic E-state index is 7.83. The van der Waals surface area contributed by atoms with Gasteiger partial charge in [0, 0.05) is 0 Å². The predicted molar refractivity (Wildman–Crippen MR) is 120 cm³/mol.